The Balaban J connectivity index is 2.19. The van der Waals surface area contributed by atoms with Crippen molar-refractivity contribution in [1.82, 2.24) is 9.97 Å². The van der Waals surface area contributed by atoms with E-state index in [1.165, 1.54) is 0 Å². The smallest absolute Gasteiger partial charge is 0.231 e. The van der Waals surface area contributed by atoms with Crippen molar-refractivity contribution in [1.29, 1.82) is 0 Å². The van der Waals surface area contributed by atoms with Crippen molar-refractivity contribution in [2.45, 2.75) is 0 Å². The molecule has 0 saturated heterocycles. The van der Waals surface area contributed by atoms with Crippen LogP contribution >= 0.6 is 0 Å². The highest BCUT2D eigenvalue weighted by molar-refractivity contribution is 6.08. The van der Waals surface area contributed by atoms with Crippen LogP contribution in [0.2, 0.25) is 0 Å². The third-order valence-electron chi connectivity index (χ3n) is 2.39. The van der Waals surface area contributed by atoms with Crippen molar-refractivity contribution in [3.8, 4) is 5.75 Å². The average molecular weight is 246 g/mol. The van der Waals surface area contributed by atoms with Gasteiger partial charge in [0.25, 0.3) is 0 Å². The number of benzene rings is 1. The molecule has 1 aromatic heterocycles. The third-order valence-corrected chi connectivity index (χ3v) is 2.39. The van der Waals surface area contributed by atoms with E-state index in [9.17, 15) is 4.79 Å². The minimum Gasteiger partial charge on any atom is -0.490 e. The van der Waals surface area contributed by atoms with Gasteiger partial charge in [0.05, 0.1) is 12.2 Å². The van der Waals surface area contributed by atoms with Crippen LogP contribution in [-0.4, -0.2) is 36.1 Å². The van der Waals surface area contributed by atoms with Gasteiger partial charge in [0.15, 0.2) is 5.82 Å². The van der Waals surface area contributed by atoms with E-state index in [1.54, 1.807) is 37.7 Å². The Bertz CT molecular complexity index is 509. The fourth-order valence-corrected chi connectivity index (χ4v) is 1.53. The largest absolute Gasteiger partial charge is 0.490 e. The fourth-order valence-electron chi connectivity index (χ4n) is 1.53. The monoisotopic (exact) mass is 246 g/mol. The first-order valence-electron chi connectivity index (χ1n) is 5.58. The molecule has 5 heteroatoms. The molecule has 0 bridgehead atoms. The highest BCUT2D eigenvalue weighted by atomic mass is 16.5. The van der Waals surface area contributed by atoms with Crippen LogP contribution in [0.1, 0.15) is 16.2 Å². The lowest BCUT2D eigenvalue weighted by molar-refractivity contribution is 0.102. The maximum atomic E-state index is 12.2. The molecule has 0 saturated carbocycles. The summed E-state index contributed by atoms with van der Waals surface area (Å²) in [7, 11) is 1.60. The van der Waals surface area contributed by atoms with Gasteiger partial charge >= 0.3 is 0 Å². The molecule has 0 aliphatic rings. The summed E-state index contributed by atoms with van der Waals surface area (Å²) >= 11 is 0. The number of ether oxygens (including phenoxy) is 2. The number of carbonyl (C=O) groups excluding carboxylic acids is 1. The first-order valence-corrected chi connectivity index (χ1v) is 5.58. The van der Waals surface area contributed by atoms with Crippen molar-refractivity contribution in [2.24, 2.45) is 0 Å². The standard InChI is InChI=1S/C13H14N2O3/c1-17-8-9-18-11-5-3-2-4-10(11)12(16)13-14-6-7-15-13/h2-7H,8-9H2,1H3,(H,14,15). The number of aromatic nitrogens is 2. The molecular weight excluding hydrogens is 232 g/mol. The highest BCUT2D eigenvalue weighted by Crippen LogP contribution is 2.20. The number of ketones is 1. The van der Waals surface area contributed by atoms with Crippen LogP contribution in [0.3, 0.4) is 0 Å². The summed E-state index contributed by atoms with van der Waals surface area (Å²) < 4.78 is 10.4. The van der Waals surface area contributed by atoms with Gasteiger partial charge in [-0.15, -0.1) is 0 Å². The summed E-state index contributed by atoms with van der Waals surface area (Å²) in [5.41, 5.74) is 0.489. The van der Waals surface area contributed by atoms with E-state index in [1.807, 2.05) is 6.07 Å². The summed E-state index contributed by atoms with van der Waals surface area (Å²) in [6, 6.07) is 7.08. The minimum absolute atomic E-state index is 0.187. The maximum Gasteiger partial charge on any atom is 0.231 e. The van der Waals surface area contributed by atoms with Crippen LogP contribution in [0.15, 0.2) is 36.7 Å². The number of para-hydroxylation sites is 1. The van der Waals surface area contributed by atoms with Gasteiger partial charge in [0, 0.05) is 19.5 Å². The fraction of sp³-hybridized carbons (Fsp3) is 0.231. The molecule has 2 aromatic rings. The number of rotatable bonds is 6. The predicted octanol–water partition coefficient (Wildman–Crippen LogP) is 1.67. The number of carbonyl (C=O) groups is 1. The van der Waals surface area contributed by atoms with Gasteiger partial charge in [-0.3, -0.25) is 4.79 Å². The van der Waals surface area contributed by atoms with E-state index in [0.29, 0.717) is 30.4 Å². The van der Waals surface area contributed by atoms with Crippen LogP contribution in [0.4, 0.5) is 0 Å². The molecule has 0 amide bonds. The molecule has 0 atom stereocenters. The second-order valence-corrected chi connectivity index (χ2v) is 3.60. The molecule has 5 nitrogen and oxygen atoms in total. The van der Waals surface area contributed by atoms with Crippen molar-refractivity contribution in [2.75, 3.05) is 20.3 Å². The molecule has 2 rings (SSSR count). The van der Waals surface area contributed by atoms with Crippen LogP contribution in [-0.2, 0) is 4.74 Å². The van der Waals surface area contributed by atoms with Gasteiger partial charge in [-0.05, 0) is 12.1 Å². The number of nitrogens with one attached hydrogen (secondary N) is 1. The van der Waals surface area contributed by atoms with Gasteiger partial charge in [-0.2, -0.15) is 0 Å². The Kier molecular flexibility index (Phi) is 4.09. The summed E-state index contributed by atoms with van der Waals surface area (Å²) in [5, 5.41) is 0. The molecule has 0 aliphatic carbocycles. The first-order chi connectivity index (χ1) is 8.83. The minimum atomic E-state index is -0.187. The maximum absolute atomic E-state index is 12.2. The van der Waals surface area contributed by atoms with E-state index in [0.717, 1.165) is 0 Å². The molecule has 1 heterocycles. The molecule has 0 aliphatic heterocycles. The number of aromatic amines is 1. The van der Waals surface area contributed by atoms with Gasteiger partial charge in [-0.25, -0.2) is 4.98 Å². The highest BCUT2D eigenvalue weighted by Gasteiger charge is 2.15. The van der Waals surface area contributed by atoms with Gasteiger partial charge in [0.1, 0.15) is 12.4 Å². The zero-order valence-corrected chi connectivity index (χ0v) is 10.1. The van der Waals surface area contributed by atoms with E-state index in [2.05, 4.69) is 9.97 Å². The molecule has 0 radical (unpaired) electrons. The van der Waals surface area contributed by atoms with Crippen molar-refractivity contribution < 1.29 is 14.3 Å². The predicted molar refractivity (Wildman–Crippen MR) is 65.8 cm³/mol. The molecule has 1 N–H and O–H groups in total. The Morgan fingerprint density at radius 2 is 2.17 bits per heavy atom. The van der Waals surface area contributed by atoms with Crippen LogP contribution < -0.4 is 4.74 Å². The molecular formula is C13H14N2O3. The molecule has 18 heavy (non-hydrogen) atoms. The third kappa shape index (κ3) is 2.75. The van der Waals surface area contributed by atoms with Crippen LogP contribution in [0, 0.1) is 0 Å². The second-order valence-electron chi connectivity index (χ2n) is 3.60. The van der Waals surface area contributed by atoms with Crippen molar-refractivity contribution in [3.63, 3.8) is 0 Å². The summed E-state index contributed by atoms with van der Waals surface area (Å²) in [5.74, 6) is 0.654. The van der Waals surface area contributed by atoms with Crippen LogP contribution in [0.5, 0.6) is 5.75 Å². The first kappa shape index (κ1) is 12.3. The zero-order chi connectivity index (χ0) is 12.8. The number of nitrogens with zero attached hydrogens (tertiary/aromatic N) is 1. The molecule has 94 valence electrons. The Morgan fingerprint density at radius 3 is 2.89 bits per heavy atom. The molecule has 0 spiro atoms. The lowest BCUT2D eigenvalue weighted by atomic mass is 10.1. The number of hydrogen-bond donors (Lipinski definition) is 1. The van der Waals surface area contributed by atoms with E-state index in [4.69, 9.17) is 9.47 Å². The van der Waals surface area contributed by atoms with E-state index < -0.39 is 0 Å². The average Bonchev–Trinajstić information content (AvgIpc) is 2.93. The zero-order valence-electron chi connectivity index (χ0n) is 10.1. The number of methoxy groups -OCH3 is 1. The van der Waals surface area contributed by atoms with Gasteiger partial charge in [0.2, 0.25) is 5.78 Å². The lowest BCUT2D eigenvalue weighted by Gasteiger charge is -2.09. The number of H-pyrrole nitrogens is 1. The van der Waals surface area contributed by atoms with E-state index in [-0.39, 0.29) is 5.78 Å². The van der Waals surface area contributed by atoms with Crippen molar-refractivity contribution >= 4 is 5.78 Å². The van der Waals surface area contributed by atoms with Crippen molar-refractivity contribution in [3.05, 3.63) is 48.0 Å². The normalized spacial score (nSPS) is 10.3. The SMILES string of the molecule is COCCOc1ccccc1C(=O)c1ncc[nH]1. The number of imidazole rings is 1. The number of hydrogen-bond acceptors (Lipinski definition) is 4. The Hall–Kier alpha value is -2.14. The topological polar surface area (TPSA) is 64.2 Å². The molecule has 0 fully saturated rings. The summed E-state index contributed by atoms with van der Waals surface area (Å²) in [6.07, 6.45) is 3.16. The van der Waals surface area contributed by atoms with E-state index >= 15 is 0 Å². The summed E-state index contributed by atoms with van der Waals surface area (Å²) in [6.45, 7) is 0.877. The molecule has 0 unspecified atom stereocenters. The van der Waals surface area contributed by atoms with Crippen LogP contribution in [0.25, 0.3) is 0 Å². The Morgan fingerprint density at radius 1 is 1.33 bits per heavy atom. The van der Waals surface area contributed by atoms with Gasteiger partial charge < -0.3 is 14.5 Å². The second kappa shape index (κ2) is 5.97. The Labute approximate surface area is 105 Å². The quantitative estimate of drug-likeness (QED) is 0.622. The summed E-state index contributed by atoms with van der Waals surface area (Å²) in [4.78, 5) is 18.9. The lowest BCUT2D eigenvalue weighted by Crippen LogP contribution is -2.10. The molecule has 1 aromatic carbocycles. The van der Waals surface area contributed by atoms with Gasteiger partial charge in [-0.1, -0.05) is 12.1 Å².